The van der Waals surface area contributed by atoms with Crippen molar-refractivity contribution in [2.75, 3.05) is 0 Å². The molecule has 2 nitrogen and oxygen atoms in total. The van der Waals surface area contributed by atoms with Gasteiger partial charge in [-0.25, -0.2) is 4.79 Å². The van der Waals surface area contributed by atoms with E-state index in [1.807, 2.05) is 31.4 Å². The van der Waals surface area contributed by atoms with E-state index in [-0.39, 0.29) is 5.97 Å². The van der Waals surface area contributed by atoms with Crippen LogP contribution in [0, 0.1) is 11.8 Å². The van der Waals surface area contributed by atoms with E-state index in [1.54, 1.807) is 22.7 Å². The third kappa shape index (κ3) is 6.88. The molecule has 1 unspecified atom stereocenters. The number of thiophene rings is 2. The van der Waals surface area contributed by atoms with Crippen molar-refractivity contribution in [2.24, 2.45) is 11.8 Å². The van der Waals surface area contributed by atoms with E-state index >= 15 is 0 Å². The summed E-state index contributed by atoms with van der Waals surface area (Å²) in [6.45, 7) is 10.9. The Kier molecular flexibility index (Phi) is 7.90. The highest BCUT2D eigenvalue weighted by Gasteiger charge is 2.25. The predicted molar refractivity (Wildman–Crippen MR) is 114 cm³/mol. The zero-order valence-electron chi connectivity index (χ0n) is 16.7. The van der Waals surface area contributed by atoms with Gasteiger partial charge in [-0.3, -0.25) is 0 Å². The van der Waals surface area contributed by atoms with Crippen molar-refractivity contribution in [2.45, 2.75) is 72.3 Å². The van der Waals surface area contributed by atoms with Crippen LogP contribution in [0.15, 0.2) is 29.0 Å². The first-order valence-electron chi connectivity index (χ1n) is 9.62. The summed E-state index contributed by atoms with van der Waals surface area (Å²) in [5, 5.41) is 3.96. The van der Waals surface area contributed by atoms with Gasteiger partial charge in [-0.05, 0) is 56.0 Å². The fraction of sp³-hybridized carbons (Fsp3) is 0.591. The molecule has 0 aliphatic rings. The Labute approximate surface area is 166 Å². The first-order valence-corrected chi connectivity index (χ1v) is 11.4. The minimum atomic E-state index is -0.422. The second-order valence-electron chi connectivity index (χ2n) is 8.29. The average molecular weight is 393 g/mol. The zero-order valence-corrected chi connectivity index (χ0v) is 18.3. The number of hydrogen-bond donors (Lipinski definition) is 0. The third-order valence-electron chi connectivity index (χ3n) is 4.69. The maximum atomic E-state index is 12.5. The molecule has 26 heavy (non-hydrogen) atoms. The van der Waals surface area contributed by atoms with Crippen LogP contribution in [-0.4, -0.2) is 11.6 Å². The van der Waals surface area contributed by atoms with Gasteiger partial charge in [0.15, 0.2) is 0 Å². The van der Waals surface area contributed by atoms with Gasteiger partial charge >= 0.3 is 5.97 Å². The number of carbonyl (C=O) groups excluding carboxylic acids is 1. The summed E-state index contributed by atoms with van der Waals surface area (Å²) in [7, 11) is 0. The molecule has 2 aromatic rings. The quantitative estimate of drug-likeness (QED) is 0.388. The van der Waals surface area contributed by atoms with E-state index < -0.39 is 5.60 Å². The second kappa shape index (κ2) is 9.70. The van der Waals surface area contributed by atoms with Gasteiger partial charge in [0.2, 0.25) is 0 Å². The predicted octanol–water partition coefficient (Wildman–Crippen LogP) is 7.65. The highest BCUT2D eigenvalue weighted by Crippen LogP contribution is 2.32. The van der Waals surface area contributed by atoms with Crippen molar-refractivity contribution < 1.29 is 9.53 Å². The molecule has 144 valence electrons. The standard InChI is InChI=1S/C22H32O2S2/c1-16(2)8-6-9-17(3)11-12-22(4,5)24-21(23)18-14-20(26-15-18)19-10-7-13-25-19/h7,10,13-17H,6,8-9,11-12H2,1-5H3. The molecular formula is C22H32O2S2. The largest absolute Gasteiger partial charge is 0.456 e. The van der Waals surface area contributed by atoms with E-state index in [9.17, 15) is 4.79 Å². The Hall–Kier alpha value is -1.13. The lowest BCUT2D eigenvalue weighted by Crippen LogP contribution is -2.28. The third-order valence-corrected chi connectivity index (χ3v) is 6.68. The molecule has 0 spiro atoms. The molecular weight excluding hydrogens is 360 g/mol. The molecule has 0 bridgehead atoms. The summed E-state index contributed by atoms with van der Waals surface area (Å²) in [5.41, 5.74) is 0.241. The highest BCUT2D eigenvalue weighted by atomic mass is 32.1. The molecule has 1 atom stereocenters. The van der Waals surface area contributed by atoms with Crippen LogP contribution in [0.4, 0.5) is 0 Å². The topological polar surface area (TPSA) is 26.3 Å². The van der Waals surface area contributed by atoms with E-state index in [0.29, 0.717) is 11.5 Å². The van der Waals surface area contributed by atoms with E-state index in [2.05, 4.69) is 32.2 Å². The Morgan fingerprint density at radius 2 is 1.88 bits per heavy atom. The lowest BCUT2D eigenvalue weighted by atomic mass is 9.91. The summed E-state index contributed by atoms with van der Waals surface area (Å²) >= 11 is 3.29. The second-order valence-corrected chi connectivity index (χ2v) is 10.2. The van der Waals surface area contributed by atoms with Crippen LogP contribution in [-0.2, 0) is 4.74 Å². The van der Waals surface area contributed by atoms with Crippen molar-refractivity contribution in [3.63, 3.8) is 0 Å². The van der Waals surface area contributed by atoms with Crippen LogP contribution >= 0.6 is 22.7 Å². The summed E-state index contributed by atoms with van der Waals surface area (Å²) < 4.78 is 5.82. The van der Waals surface area contributed by atoms with Gasteiger partial charge in [-0.2, -0.15) is 0 Å². The summed E-state index contributed by atoms with van der Waals surface area (Å²) in [6, 6.07) is 6.06. The number of hydrogen-bond acceptors (Lipinski definition) is 4. The minimum Gasteiger partial charge on any atom is -0.456 e. The molecule has 4 heteroatoms. The molecule has 0 aliphatic carbocycles. The maximum Gasteiger partial charge on any atom is 0.339 e. The zero-order chi connectivity index (χ0) is 19.2. The van der Waals surface area contributed by atoms with Gasteiger partial charge in [0.1, 0.15) is 5.60 Å². The minimum absolute atomic E-state index is 0.207. The Bertz CT molecular complexity index is 668. The van der Waals surface area contributed by atoms with Crippen LogP contribution in [0.1, 0.15) is 77.1 Å². The van der Waals surface area contributed by atoms with Gasteiger partial charge in [0, 0.05) is 15.1 Å². The Morgan fingerprint density at radius 3 is 2.54 bits per heavy atom. The summed E-state index contributed by atoms with van der Waals surface area (Å²) in [4.78, 5) is 14.8. The summed E-state index contributed by atoms with van der Waals surface area (Å²) in [6.07, 6.45) is 5.86. The van der Waals surface area contributed by atoms with Crippen LogP contribution in [0.5, 0.6) is 0 Å². The van der Waals surface area contributed by atoms with Gasteiger partial charge in [0.25, 0.3) is 0 Å². The van der Waals surface area contributed by atoms with Gasteiger partial charge < -0.3 is 4.74 Å². The Balaban J connectivity index is 1.81. The van der Waals surface area contributed by atoms with Crippen LogP contribution < -0.4 is 0 Å². The van der Waals surface area contributed by atoms with Crippen molar-refractivity contribution in [3.05, 3.63) is 34.5 Å². The van der Waals surface area contributed by atoms with E-state index in [0.717, 1.165) is 23.6 Å². The SMILES string of the molecule is CC(C)CCCC(C)CCC(C)(C)OC(=O)c1csc(-c2cccs2)c1. The monoisotopic (exact) mass is 392 g/mol. The lowest BCUT2D eigenvalue weighted by molar-refractivity contribution is -0.00687. The van der Waals surface area contributed by atoms with E-state index in [4.69, 9.17) is 4.74 Å². The molecule has 0 saturated heterocycles. The number of esters is 1. The van der Waals surface area contributed by atoms with Crippen molar-refractivity contribution >= 4 is 28.6 Å². The van der Waals surface area contributed by atoms with Gasteiger partial charge in [-0.15, -0.1) is 22.7 Å². The van der Waals surface area contributed by atoms with Crippen LogP contribution in [0.2, 0.25) is 0 Å². The number of rotatable bonds is 10. The smallest absolute Gasteiger partial charge is 0.339 e. The molecule has 0 amide bonds. The lowest BCUT2D eigenvalue weighted by Gasteiger charge is -2.26. The number of ether oxygens (including phenoxy) is 1. The van der Waals surface area contributed by atoms with Crippen molar-refractivity contribution in [3.8, 4) is 9.75 Å². The molecule has 0 aliphatic heterocycles. The normalized spacial score (nSPS) is 13.2. The maximum absolute atomic E-state index is 12.5. The highest BCUT2D eigenvalue weighted by molar-refractivity contribution is 7.20. The first-order chi connectivity index (χ1) is 12.3. The summed E-state index contributed by atoms with van der Waals surface area (Å²) in [5.74, 6) is 1.25. The molecule has 0 radical (unpaired) electrons. The number of carbonyl (C=O) groups is 1. The first kappa shape index (κ1) is 21.2. The van der Waals surface area contributed by atoms with E-state index in [1.165, 1.54) is 24.1 Å². The fourth-order valence-electron chi connectivity index (χ4n) is 2.97. The molecule has 2 heterocycles. The van der Waals surface area contributed by atoms with Gasteiger partial charge in [-0.1, -0.05) is 46.1 Å². The Morgan fingerprint density at radius 1 is 1.12 bits per heavy atom. The molecule has 0 fully saturated rings. The molecule has 2 rings (SSSR count). The van der Waals surface area contributed by atoms with Crippen LogP contribution in [0.25, 0.3) is 9.75 Å². The van der Waals surface area contributed by atoms with Crippen molar-refractivity contribution in [1.29, 1.82) is 0 Å². The molecule has 0 saturated carbocycles. The van der Waals surface area contributed by atoms with Gasteiger partial charge in [0.05, 0.1) is 5.56 Å². The van der Waals surface area contributed by atoms with Crippen molar-refractivity contribution in [1.82, 2.24) is 0 Å². The fourth-order valence-corrected chi connectivity index (χ4v) is 4.69. The molecule has 0 N–H and O–H groups in total. The van der Waals surface area contributed by atoms with Crippen LogP contribution in [0.3, 0.4) is 0 Å². The average Bonchev–Trinajstić information content (AvgIpc) is 3.23. The molecule has 2 aromatic heterocycles. The molecule has 0 aromatic carbocycles.